The number of aromatic nitrogens is 2. The van der Waals surface area contributed by atoms with E-state index in [2.05, 4.69) is 15.3 Å². The molecular formula is C14H12Cl3N3OS. The molecule has 0 radical (unpaired) electrons. The summed E-state index contributed by atoms with van der Waals surface area (Å²) in [7, 11) is 0. The number of rotatable bonds is 4. The summed E-state index contributed by atoms with van der Waals surface area (Å²) in [5.74, 6) is -0.440. The van der Waals surface area contributed by atoms with Gasteiger partial charge in [0.25, 0.3) is 5.91 Å². The van der Waals surface area contributed by atoms with Crippen molar-refractivity contribution in [3.63, 3.8) is 0 Å². The monoisotopic (exact) mass is 375 g/mol. The summed E-state index contributed by atoms with van der Waals surface area (Å²) in [6, 6.07) is 4.97. The zero-order valence-corrected chi connectivity index (χ0v) is 14.9. The summed E-state index contributed by atoms with van der Waals surface area (Å²) in [5, 5.41) is 3.99. The number of carbonyl (C=O) groups is 1. The topological polar surface area (TPSA) is 54.9 Å². The maximum atomic E-state index is 12.5. The van der Waals surface area contributed by atoms with E-state index in [-0.39, 0.29) is 10.7 Å². The molecule has 1 aromatic carbocycles. The molecule has 1 N–H and O–H groups in total. The number of amides is 1. The van der Waals surface area contributed by atoms with Gasteiger partial charge >= 0.3 is 0 Å². The summed E-state index contributed by atoms with van der Waals surface area (Å²) >= 11 is 19.6. The third-order valence-electron chi connectivity index (χ3n) is 2.87. The fourth-order valence-corrected chi connectivity index (χ4v) is 3.02. The molecule has 2 rings (SSSR count). The lowest BCUT2D eigenvalue weighted by Crippen LogP contribution is -2.17. The second-order valence-electron chi connectivity index (χ2n) is 4.23. The zero-order valence-electron chi connectivity index (χ0n) is 11.8. The molecule has 0 aliphatic heterocycles. The average molecular weight is 377 g/mol. The number of nitrogens with zero attached hydrogens (tertiary/aromatic N) is 2. The average Bonchev–Trinajstić information content (AvgIpc) is 2.49. The van der Waals surface area contributed by atoms with Crippen LogP contribution in [0, 0.1) is 0 Å². The normalized spacial score (nSPS) is 10.6. The highest BCUT2D eigenvalue weighted by Gasteiger charge is 2.20. The van der Waals surface area contributed by atoms with E-state index in [1.165, 1.54) is 11.8 Å². The highest BCUT2D eigenvalue weighted by molar-refractivity contribution is 7.98. The van der Waals surface area contributed by atoms with Gasteiger partial charge in [-0.15, -0.1) is 0 Å². The van der Waals surface area contributed by atoms with Gasteiger partial charge in [0.2, 0.25) is 0 Å². The highest BCUT2D eigenvalue weighted by atomic mass is 35.5. The van der Waals surface area contributed by atoms with E-state index in [4.69, 9.17) is 34.8 Å². The Kier molecular flexibility index (Phi) is 5.92. The van der Waals surface area contributed by atoms with Crippen LogP contribution in [0.1, 0.15) is 23.0 Å². The van der Waals surface area contributed by atoms with E-state index >= 15 is 0 Å². The van der Waals surface area contributed by atoms with Crippen molar-refractivity contribution in [3.8, 4) is 0 Å². The Morgan fingerprint density at radius 3 is 2.41 bits per heavy atom. The lowest BCUT2D eigenvalue weighted by molar-refractivity contribution is 0.102. The van der Waals surface area contributed by atoms with Crippen LogP contribution < -0.4 is 5.32 Å². The molecule has 1 amide bonds. The number of thioether (sulfide) groups is 1. The van der Waals surface area contributed by atoms with E-state index in [0.29, 0.717) is 33.0 Å². The van der Waals surface area contributed by atoms with E-state index in [0.717, 1.165) is 0 Å². The van der Waals surface area contributed by atoms with Gasteiger partial charge in [-0.2, -0.15) is 0 Å². The van der Waals surface area contributed by atoms with E-state index in [1.54, 1.807) is 18.2 Å². The first kappa shape index (κ1) is 17.3. The van der Waals surface area contributed by atoms with E-state index in [9.17, 15) is 4.79 Å². The number of anilines is 1. The Hall–Kier alpha value is -1.01. The minimum absolute atomic E-state index is 0.108. The van der Waals surface area contributed by atoms with Crippen molar-refractivity contribution < 1.29 is 4.79 Å². The van der Waals surface area contributed by atoms with Crippen LogP contribution in [-0.2, 0) is 6.42 Å². The molecular weight excluding hydrogens is 365 g/mol. The van der Waals surface area contributed by atoms with Crippen molar-refractivity contribution in [2.45, 2.75) is 18.5 Å². The van der Waals surface area contributed by atoms with Crippen LogP contribution in [0.3, 0.4) is 0 Å². The lowest BCUT2D eigenvalue weighted by atomic mass is 10.1. The van der Waals surface area contributed by atoms with Gasteiger partial charge in [0, 0.05) is 0 Å². The van der Waals surface area contributed by atoms with Gasteiger partial charge in [-0.25, -0.2) is 9.97 Å². The first-order valence-electron chi connectivity index (χ1n) is 6.33. The number of carbonyl (C=O) groups excluding carboxylic acids is 1. The van der Waals surface area contributed by atoms with Crippen LogP contribution >= 0.6 is 46.6 Å². The summed E-state index contributed by atoms with van der Waals surface area (Å²) < 4.78 is 0. The Balaban J connectivity index is 2.42. The lowest BCUT2D eigenvalue weighted by Gasteiger charge is -2.12. The van der Waals surface area contributed by atoms with Crippen LogP contribution in [-0.4, -0.2) is 22.1 Å². The molecule has 8 heteroatoms. The molecule has 116 valence electrons. The Morgan fingerprint density at radius 1 is 1.23 bits per heavy atom. The van der Waals surface area contributed by atoms with Crippen LogP contribution in [0.15, 0.2) is 23.4 Å². The number of nitrogens with one attached hydrogen (secondary N) is 1. The summed E-state index contributed by atoms with van der Waals surface area (Å²) in [4.78, 5) is 20.9. The zero-order chi connectivity index (χ0) is 16.3. The molecule has 22 heavy (non-hydrogen) atoms. The van der Waals surface area contributed by atoms with E-state index < -0.39 is 5.91 Å². The minimum atomic E-state index is -0.440. The smallest absolute Gasteiger partial charge is 0.260 e. The number of hydrogen-bond donors (Lipinski definition) is 1. The van der Waals surface area contributed by atoms with Crippen LogP contribution in [0.2, 0.25) is 15.2 Å². The highest BCUT2D eigenvalue weighted by Crippen LogP contribution is 2.31. The van der Waals surface area contributed by atoms with Crippen molar-refractivity contribution in [1.82, 2.24) is 9.97 Å². The molecule has 0 fully saturated rings. The Labute approximate surface area is 147 Å². The fraction of sp³-hybridized carbons (Fsp3) is 0.214. The summed E-state index contributed by atoms with van der Waals surface area (Å²) in [5.41, 5.74) is 1.14. The fourth-order valence-electron chi connectivity index (χ4n) is 1.82. The third kappa shape index (κ3) is 3.66. The molecule has 1 aromatic heterocycles. The molecule has 0 bridgehead atoms. The SMILES string of the molecule is CCc1nc(SC)nc(Cl)c1C(=O)Nc1c(Cl)cccc1Cl. The maximum absolute atomic E-state index is 12.5. The van der Waals surface area contributed by atoms with Gasteiger partial charge in [-0.1, -0.05) is 59.6 Å². The van der Waals surface area contributed by atoms with Crippen molar-refractivity contribution in [2.24, 2.45) is 0 Å². The third-order valence-corrected chi connectivity index (χ3v) is 4.32. The second-order valence-corrected chi connectivity index (χ2v) is 6.17. The van der Waals surface area contributed by atoms with Gasteiger partial charge < -0.3 is 5.32 Å². The number of hydrogen-bond acceptors (Lipinski definition) is 4. The van der Waals surface area contributed by atoms with Gasteiger partial charge in [-0.3, -0.25) is 4.79 Å². The van der Waals surface area contributed by atoms with Gasteiger partial charge in [0.15, 0.2) is 5.16 Å². The molecule has 0 saturated heterocycles. The summed E-state index contributed by atoms with van der Waals surface area (Å²) in [6.45, 7) is 1.89. The van der Waals surface area contributed by atoms with Crippen molar-refractivity contribution in [3.05, 3.63) is 44.7 Å². The number of para-hydroxylation sites is 1. The first-order chi connectivity index (χ1) is 10.5. The Bertz CT molecular complexity index is 704. The standard InChI is InChI=1S/C14H12Cl3N3OS/c1-3-9-10(12(17)20-14(18-9)22-2)13(21)19-11-7(15)5-4-6-8(11)16/h4-6H,3H2,1-2H3,(H,19,21). The van der Waals surface area contributed by atoms with Crippen molar-refractivity contribution in [1.29, 1.82) is 0 Å². The molecule has 0 spiro atoms. The molecule has 0 saturated carbocycles. The molecule has 1 heterocycles. The van der Waals surface area contributed by atoms with Crippen molar-refractivity contribution >= 4 is 58.2 Å². The molecule has 0 unspecified atom stereocenters. The van der Waals surface area contributed by atoms with Gasteiger partial charge in [0.05, 0.1) is 27.0 Å². The first-order valence-corrected chi connectivity index (χ1v) is 8.69. The molecule has 0 aliphatic carbocycles. The number of aryl methyl sites for hydroxylation is 1. The number of benzene rings is 1. The maximum Gasteiger partial charge on any atom is 0.260 e. The minimum Gasteiger partial charge on any atom is -0.319 e. The van der Waals surface area contributed by atoms with Crippen molar-refractivity contribution in [2.75, 3.05) is 11.6 Å². The van der Waals surface area contributed by atoms with Crippen LogP contribution in [0.4, 0.5) is 5.69 Å². The molecule has 4 nitrogen and oxygen atoms in total. The predicted octanol–water partition coefficient (Wildman–Crippen LogP) is 4.97. The molecule has 0 atom stereocenters. The largest absolute Gasteiger partial charge is 0.319 e. The van der Waals surface area contributed by atoms with Gasteiger partial charge in [-0.05, 0) is 24.8 Å². The molecule has 2 aromatic rings. The van der Waals surface area contributed by atoms with Crippen LogP contribution in [0.25, 0.3) is 0 Å². The quantitative estimate of drug-likeness (QED) is 0.465. The number of halogens is 3. The Morgan fingerprint density at radius 2 is 1.86 bits per heavy atom. The summed E-state index contributed by atoms with van der Waals surface area (Å²) in [6.07, 6.45) is 2.39. The second kappa shape index (κ2) is 7.51. The van der Waals surface area contributed by atoms with E-state index in [1.807, 2.05) is 13.2 Å². The van der Waals surface area contributed by atoms with Gasteiger partial charge in [0.1, 0.15) is 5.15 Å². The van der Waals surface area contributed by atoms with Crippen LogP contribution in [0.5, 0.6) is 0 Å². The predicted molar refractivity (Wildman–Crippen MR) is 92.6 cm³/mol. The molecule has 0 aliphatic rings.